The van der Waals surface area contributed by atoms with Gasteiger partial charge in [0.25, 0.3) is 0 Å². The lowest BCUT2D eigenvalue weighted by Crippen LogP contribution is -2.44. The Bertz CT molecular complexity index is 377. The molecule has 0 spiro atoms. The Morgan fingerprint density at radius 1 is 1.17 bits per heavy atom. The lowest BCUT2D eigenvalue weighted by molar-refractivity contribution is -0.141. The molecule has 3 bridgehead atoms. The fourth-order valence-corrected chi connectivity index (χ4v) is 4.77. The maximum atomic E-state index is 12.3. The molecule has 4 atom stereocenters. The van der Waals surface area contributed by atoms with Crippen molar-refractivity contribution >= 4 is 11.9 Å². The molecular formula is C14H21NO3. The predicted octanol–water partition coefficient (Wildman–Crippen LogP) is 1.79. The van der Waals surface area contributed by atoms with Crippen LogP contribution in [0.4, 0.5) is 0 Å². The highest BCUT2D eigenvalue weighted by atomic mass is 16.4. The molecule has 3 aliphatic carbocycles. The van der Waals surface area contributed by atoms with Crippen LogP contribution in [0.25, 0.3) is 0 Å². The molecule has 3 saturated carbocycles. The van der Waals surface area contributed by atoms with E-state index in [-0.39, 0.29) is 17.9 Å². The van der Waals surface area contributed by atoms with Crippen molar-refractivity contribution in [3.8, 4) is 0 Å². The second-order valence-corrected chi connectivity index (χ2v) is 6.52. The Morgan fingerprint density at radius 2 is 1.94 bits per heavy atom. The summed E-state index contributed by atoms with van der Waals surface area (Å²) in [6, 6.07) is 0. The first-order chi connectivity index (χ1) is 8.59. The van der Waals surface area contributed by atoms with Crippen molar-refractivity contribution in [2.75, 3.05) is 6.54 Å². The van der Waals surface area contributed by atoms with E-state index in [1.54, 1.807) is 0 Å². The van der Waals surface area contributed by atoms with E-state index in [0.717, 1.165) is 25.2 Å². The summed E-state index contributed by atoms with van der Waals surface area (Å²) in [5.74, 6) is 1.19. The van der Waals surface area contributed by atoms with E-state index in [0.29, 0.717) is 11.8 Å². The number of rotatable bonds is 3. The molecule has 3 aliphatic rings. The minimum atomic E-state index is -0.953. The van der Waals surface area contributed by atoms with E-state index in [2.05, 4.69) is 5.32 Å². The molecule has 4 nitrogen and oxygen atoms in total. The zero-order valence-electron chi connectivity index (χ0n) is 10.7. The lowest BCUT2D eigenvalue weighted by atomic mass is 9.69. The predicted molar refractivity (Wildman–Crippen MR) is 65.9 cm³/mol. The number of nitrogens with one attached hydrogen (secondary N) is 1. The highest BCUT2D eigenvalue weighted by molar-refractivity contribution is 5.86. The molecule has 0 saturated heterocycles. The number of aliphatic carboxylic acids is 1. The van der Waals surface area contributed by atoms with Crippen molar-refractivity contribution in [1.82, 2.24) is 5.32 Å². The van der Waals surface area contributed by atoms with E-state index in [1.807, 2.05) is 0 Å². The van der Waals surface area contributed by atoms with Crippen LogP contribution in [0.15, 0.2) is 0 Å². The van der Waals surface area contributed by atoms with E-state index in [4.69, 9.17) is 5.11 Å². The third-order valence-corrected chi connectivity index (χ3v) is 5.36. The number of hydrogen-bond acceptors (Lipinski definition) is 2. The molecule has 2 N–H and O–H groups in total. The topological polar surface area (TPSA) is 66.4 Å². The summed E-state index contributed by atoms with van der Waals surface area (Å²) in [6.45, 7) is -0.236. The van der Waals surface area contributed by atoms with Gasteiger partial charge in [0.15, 0.2) is 0 Å². The molecule has 3 rings (SSSR count). The lowest BCUT2D eigenvalue weighted by Gasteiger charge is -2.36. The summed E-state index contributed by atoms with van der Waals surface area (Å²) in [7, 11) is 0. The van der Waals surface area contributed by atoms with Crippen molar-refractivity contribution in [3.63, 3.8) is 0 Å². The van der Waals surface area contributed by atoms with Crippen LogP contribution in [0.2, 0.25) is 0 Å². The number of hydrogen-bond donors (Lipinski definition) is 2. The Hall–Kier alpha value is -1.06. The highest BCUT2D eigenvalue weighted by Gasteiger charge is 2.55. The molecule has 3 fully saturated rings. The summed E-state index contributed by atoms with van der Waals surface area (Å²) < 4.78 is 0. The monoisotopic (exact) mass is 251 g/mol. The molecule has 18 heavy (non-hydrogen) atoms. The highest BCUT2D eigenvalue weighted by Crippen LogP contribution is 2.60. The molecule has 100 valence electrons. The van der Waals surface area contributed by atoms with Crippen LogP contribution in [0, 0.1) is 23.2 Å². The standard InChI is InChI=1S/C14H21NO3/c16-12(17)8-15-13(18)14-5-9-2-1-3-10(6-14)11(4-9)7-14/h9-11H,1-8H2,(H,15,18)(H,16,17). The van der Waals surface area contributed by atoms with Crippen molar-refractivity contribution in [1.29, 1.82) is 0 Å². The van der Waals surface area contributed by atoms with Gasteiger partial charge in [-0.3, -0.25) is 9.59 Å². The molecule has 1 amide bonds. The third-order valence-electron chi connectivity index (χ3n) is 5.36. The molecule has 4 heteroatoms. The zero-order chi connectivity index (χ0) is 12.8. The second kappa shape index (κ2) is 4.25. The summed E-state index contributed by atoms with van der Waals surface area (Å²) in [5, 5.41) is 11.3. The minimum absolute atomic E-state index is 0.00370. The van der Waals surface area contributed by atoms with Gasteiger partial charge in [-0.2, -0.15) is 0 Å². The van der Waals surface area contributed by atoms with Crippen LogP contribution in [-0.4, -0.2) is 23.5 Å². The van der Waals surface area contributed by atoms with Gasteiger partial charge in [0, 0.05) is 5.41 Å². The van der Waals surface area contributed by atoms with Gasteiger partial charge in [-0.15, -0.1) is 0 Å². The van der Waals surface area contributed by atoms with Crippen molar-refractivity contribution in [2.24, 2.45) is 23.2 Å². The average molecular weight is 251 g/mol. The molecule has 0 aromatic carbocycles. The molecule has 4 unspecified atom stereocenters. The van der Waals surface area contributed by atoms with Gasteiger partial charge in [-0.05, 0) is 43.4 Å². The van der Waals surface area contributed by atoms with Crippen LogP contribution >= 0.6 is 0 Å². The maximum absolute atomic E-state index is 12.3. The van der Waals surface area contributed by atoms with E-state index in [9.17, 15) is 9.59 Å². The Balaban J connectivity index is 1.75. The summed E-state index contributed by atoms with van der Waals surface area (Å²) in [5.41, 5.74) is -0.228. The van der Waals surface area contributed by atoms with Gasteiger partial charge in [-0.1, -0.05) is 19.3 Å². The number of carbonyl (C=O) groups excluding carboxylic acids is 1. The van der Waals surface area contributed by atoms with Crippen LogP contribution < -0.4 is 5.32 Å². The Morgan fingerprint density at radius 3 is 2.72 bits per heavy atom. The van der Waals surface area contributed by atoms with Crippen LogP contribution in [0.1, 0.15) is 44.9 Å². The fourth-order valence-electron chi connectivity index (χ4n) is 4.77. The van der Waals surface area contributed by atoms with E-state index >= 15 is 0 Å². The number of carboxylic acids is 1. The quantitative estimate of drug-likeness (QED) is 0.803. The molecule has 0 aliphatic heterocycles. The molecule has 0 heterocycles. The van der Waals surface area contributed by atoms with Crippen molar-refractivity contribution in [2.45, 2.75) is 44.9 Å². The van der Waals surface area contributed by atoms with Gasteiger partial charge >= 0.3 is 5.97 Å². The largest absolute Gasteiger partial charge is 0.480 e. The first-order valence-corrected chi connectivity index (χ1v) is 7.09. The summed E-state index contributed by atoms with van der Waals surface area (Å²) >= 11 is 0. The van der Waals surface area contributed by atoms with Crippen LogP contribution in [-0.2, 0) is 9.59 Å². The molecule has 0 aromatic rings. The van der Waals surface area contributed by atoms with Gasteiger partial charge in [-0.25, -0.2) is 0 Å². The van der Waals surface area contributed by atoms with E-state index < -0.39 is 5.97 Å². The first-order valence-electron chi connectivity index (χ1n) is 7.09. The Kier molecular flexibility index (Phi) is 2.83. The third kappa shape index (κ3) is 1.91. The normalized spacial score (nSPS) is 41.4. The smallest absolute Gasteiger partial charge is 0.322 e. The second-order valence-electron chi connectivity index (χ2n) is 6.52. The first kappa shape index (κ1) is 12.0. The van der Waals surface area contributed by atoms with Gasteiger partial charge in [0.2, 0.25) is 5.91 Å². The number of carboxylic acid groups (broad SMARTS) is 1. The molecular weight excluding hydrogens is 230 g/mol. The molecule has 0 aromatic heterocycles. The number of amides is 1. The van der Waals surface area contributed by atoms with Gasteiger partial charge < -0.3 is 10.4 Å². The van der Waals surface area contributed by atoms with E-state index in [1.165, 1.54) is 25.7 Å². The van der Waals surface area contributed by atoms with Crippen molar-refractivity contribution in [3.05, 3.63) is 0 Å². The van der Waals surface area contributed by atoms with Gasteiger partial charge in [0.1, 0.15) is 6.54 Å². The minimum Gasteiger partial charge on any atom is -0.480 e. The Labute approximate surface area is 107 Å². The summed E-state index contributed by atoms with van der Waals surface area (Å²) in [6.07, 6.45) is 8.15. The number of fused-ring (bicyclic) bond motifs is 2. The van der Waals surface area contributed by atoms with Crippen LogP contribution in [0.3, 0.4) is 0 Å². The average Bonchev–Trinajstić information content (AvgIpc) is 2.49. The maximum Gasteiger partial charge on any atom is 0.322 e. The number of carbonyl (C=O) groups is 2. The van der Waals surface area contributed by atoms with Crippen molar-refractivity contribution < 1.29 is 14.7 Å². The van der Waals surface area contributed by atoms with Gasteiger partial charge in [0.05, 0.1) is 0 Å². The molecule has 0 radical (unpaired) electrons. The fraction of sp³-hybridized carbons (Fsp3) is 0.857. The SMILES string of the molecule is O=C(O)CNC(=O)C12CC3CCCC(C1)C(C3)C2. The summed E-state index contributed by atoms with van der Waals surface area (Å²) in [4.78, 5) is 22.9. The van der Waals surface area contributed by atoms with Crippen LogP contribution in [0.5, 0.6) is 0 Å². The zero-order valence-corrected chi connectivity index (χ0v) is 10.7.